The zero-order valence-corrected chi connectivity index (χ0v) is 13.8. The van der Waals surface area contributed by atoms with Gasteiger partial charge in [0, 0.05) is 5.69 Å². The summed E-state index contributed by atoms with van der Waals surface area (Å²) in [5.74, 6) is 0.354. The van der Waals surface area contributed by atoms with Crippen LogP contribution in [0, 0.1) is 13.8 Å². The Kier molecular flexibility index (Phi) is 5.45. The van der Waals surface area contributed by atoms with Crippen molar-refractivity contribution in [1.29, 1.82) is 0 Å². The highest BCUT2D eigenvalue weighted by molar-refractivity contribution is 6.32. The summed E-state index contributed by atoms with van der Waals surface area (Å²) in [6.45, 7) is 5.85. The number of hydrogen-bond acceptors (Lipinski definition) is 2. The van der Waals surface area contributed by atoms with Crippen LogP contribution in [0.15, 0.2) is 42.5 Å². The molecular weight excluding hydrogens is 298 g/mol. The average molecular weight is 318 g/mol. The maximum atomic E-state index is 12.5. The van der Waals surface area contributed by atoms with Gasteiger partial charge in [-0.1, -0.05) is 48.9 Å². The lowest BCUT2D eigenvalue weighted by Crippen LogP contribution is -2.32. The van der Waals surface area contributed by atoms with Gasteiger partial charge in [-0.3, -0.25) is 4.79 Å². The molecular formula is C18H20ClNO2. The normalized spacial score (nSPS) is 11.8. The molecule has 0 radical (unpaired) electrons. The van der Waals surface area contributed by atoms with Crippen molar-refractivity contribution in [3.05, 3.63) is 58.6 Å². The van der Waals surface area contributed by atoms with Gasteiger partial charge in [-0.25, -0.2) is 0 Å². The van der Waals surface area contributed by atoms with Crippen LogP contribution in [0.4, 0.5) is 5.69 Å². The quantitative estimate of drug-likeness (QED) is 0.864. The number of para-hydroxylation sites is 2. The number of carbonyl (C=O) groups excluding carboxylic acids is 1. The largest absolute Gasteiger partial charge is 0.479 e. The second-order valence-electron chi connectivity index (χ2n) is 5.20. The van der Waals surface area contributed by atoms with Gasteiger partial charge in [0.15, 0.2) is 6.10 Å². The third-order valence-corrected chi connectivity index (χ3v) is 3.81. The summed E-state index contributed by atoms with van der Waals surface area (Å²) in [6.07, 6.45) is -0.0268. The number of hydrogen-bond donors (Lipinski definition) is 1. The van der Waals surface area contributed by atoms with Crippen molar-refractivity contribution in [2.75, 3.05) is 5.32 Å². The summed E-state index contributed by atoms with van der Waals surface area (Å²) in [5, 5.41) is 3.46. The molecule has 2 rings (SSSR count). The molecule has 0 aliphatic rings. The molecule has 0 aliphatic heterocycles. The first-order valence-electron chi connectivity index (χ1n) is 7.31. The van der Waals surface area contributed by atoms with Gasteiger partial charge in [0.05, 0.1) is 5.02 Å². The summed E-state index contributed by atoms with van der Waals surface area (Å²) in [5.41, 5.74) is 2.90. The van der Waals surface area contributed by atoms with Crippen LogP contribution in [0.25, 0.3) is 0 Å². The minimum absolute atomic E-state index is 0.167. The van der Waals surface area contributed by atoms with Gasteiger partial charge in [-0.2, -0.15) is 0 Å². The lowest BCUT2D eigenvalue weighted by atomic mass is 10.1. The lowest BCUT2D eigenvalue weighted by Gasteiger charge is -2.19. The highest BCUT2D eigenvalue weighted by Crippen LogP contribution is 2.26. The van der Waals surface area contributed by atoms with Crippen LogP contribution in [-0.2, 0) is 4.79 Å². The van der Waals surface area contributed by atoms with Gasteiger partial charge < -0.3 is 10.1 Å². The minimum Gasteiger partial charge on any atom is -0.479 e. The molecule has 1 N–H and O–H groups in total. The molecule has 0 heterocycles. The van der Waals surface area contributed by atoms with Crippen molar-refractivity contribution < 1.29 is 9.53 Å². The van der Waals surface area contributed by atoms with Gasteiger partial charge in [0.1, 0.15) is 5.75 Å². The van der Waals surface area contributed by atoms with Crippen LogP contribution < -0.4 is 10.1 Å². The predicted octanol–water partition coefficient (Wildman–Crippen LogP) is 4.75. The third-order valence-electron chi connectivity index (χ3n) is 3.50. The van der Waals surface area contributed by atoms with E-state index in [1.165, 1.54) is 0 Å². The maximum Gasteiger partial charge on any atom is 0.265 e. The Balaban J connectivity index is 2.14. The molecule has 116 valence electrons. The molecule has 1 amide bonds. The molecule has 3 nitrogen and oxygen atoms in total. The van der Waals surface area contributed by atoms with Crippen molar-refractivity contribution in [3.63, 3.8) is 0 Å². The van der Waals surface area contributed by atoms with Gasteiger partial charge in [0.2, 0.25) is 0 Å². The summed E-state index contributed by atoms with van der Waals surface area (Å²) < 4.78 is 5.76. The Labute approximate surface area is 136 Å². The Hall–Kier alpha value is -2.00. The van der Waals surface area contributed by atoms with E-state index < -0.39 is 6.10 Å². The fraction of sp³-hybridized carbons (Fsp3) is 0.278. The van der Waals surface area contributed by atoms with Crippen molar-refractivity contribution >= 4 is 23.2 Å². The van der Waals surface area contributed by atoms with E-state index in [0.717, 1.165) is 16.8 Å². The van der Waals surface area contributed by atoms with Gasteiger partial charge >= 0.3 is 0 Å². The molecule has 0 saturated heterocycles. The third kappa shape index (κ3) is 3.80. The standard InChI is InChI=1S/C18H20ClNO2/c1-4-15(22-16-11-6-5-10-14(16)19)18(21)20-17-12(2)8-7-9-13(17)3/h5-11,15H,4H2,1-3H3,(H,20,21). The van der Waals surface area contributed by atoms with E-state index >= 15 is 0 Å². The Morgan fingerprint density at radius 1 is 1.14 bits per heavy atom. The number of halogens is 1. The van der Waals surface area contributed by atoms with Gasteiger partial charge in [0.25, 0.3) is 5.91 Å². The van der Waals surface area contributed by atoms with E-state index in [0.29, 0.717) is 17.2 Å². The number of rotatable bonds is 5. The fourth-order valence-electron chi connectivity index (χ4n) is 2.23. The molecule has 1 atom stereocenters. The highest BCUT2D eigenvalue weighted by atomic mass is 35.5. The van der Waals surface area contributed by atoms with Crippen LogP contribution in [0.1, 0.15) is 24.5 Å². The first-order valence-corrected chi connectivity index (χ1v) is 7.69. The summed E-state index contributed by atoms with van der Waals surface area (Å²) in [7, 11) is 0. The van der Waals surface area contributed by atoms with E-state index in [-0.39, 0.29) is 5.91 Å². The first kappa shape index (κ1) is 16.4. The first-order chi connectivity index (χ1) is 10.5. The molecule has 4 heteroatoms. The monoisotopic (exact) mass is 317 g/mol. The van der Waals surface area contributed by atoms with Crippen LogP contribution in [0.3, 0.4) is 0 Å². The second kappa shape index (κ2) is 7.32. The van der Waals surface area contributed by atoms with E-state index in [2.05, 4.69) is 5.32 Å². The number of benzene rings is 2. The fourth-order valence-corrected chi connectivity index (χ4v) is 2.41. The molecule has 0 aliphatic carbocycles. The molecule has 0 fully saturated rings. The summed E-state index contributed by atoms with van der Waals surface area (Å²) in [6, 6.07) is 13.1. The average Bonchev–Trinajstić information content (AvgIpc) is 2.50. The van der Waals surface area contributed by atoms with Gasteiger partial charge in [-0.15, -0.1) is 0 Å². The minimum atomic E-state index is -0.584. The SMILES string of the molecule is CCC(Oc1ccccc1Cl)C(=O)Nc1c(C)cccc1C. The number of nitrogens with one attached hydrogen (secondary N) is 1. The molecule has 0 aromatic heterocycles. The zero-order chi connectivity index (χ0) is 16.1. The molecule has 0 bridgehead atoms. The van der Waals surface area contributed by atoms with E-state index in [4.69, 9.17) is 16.3 Å². The molecule has 0 spiro atoms. The summed E-state index contributed by atoms with van der Waals surface area (Å²) in [4.78, 5) is 12.5. The number of aryl methyl sites for hydroxylation is 2. The van der Waals surface area contributed by atoms with Crippen LogP contribution in [0.2, 0.25) is 5.02 Å². The lowest BCUT2D eigenvalue weighted by molar-refractivity contribution is -0.122. The zero-order valence-electron chi connectivity index (χ0n) is 13.0. The van der Waals surface area contributed by atoms with E-state index in [9.17, 15) is 4.79 Å². The maximum absolute atomic E-state index is 12.5. The Morgan fingerprint density at radius 3 is 2.36 bits per heavy atom. The molecule has 2 aromatic rings. The van der Waals surface area contributed by atoms with Crippen molar-refractivity contribution in [2.45, 2.75) is 33.3 Å². The van der Waals surface area contributed by atoms with Crippen LogP contribution >= 0.6 is 11.6 Å². The van der Waals surface area contributed by atoms with Crippen LogP contribution in [0.5, 0.6) is 5.75 Å². The summed E-state index contributed by atoms with van der Waals surface area (Å²) >= 11 is 6.08. The molecule has 22 heavy (non-hydrogen) atoms. The smallest absolute Gasteiger partial charge is 0.265 e. The number of ether oxygens (including phenoxy) is 1. The molecule has 0 saturated carbocycles. The Bertz CT molecular complexity index is 650. The number of carbonyl (C=O) groups is 1. The number of amides is 1. The number of anilines is 1. The highest BCUT2D eigenvalue weighted by Gasteiger charge is 2.20. The van der Waals surface area contributed by atoms with Crippen LogP contribution in [-0.4, -0.2) is 12.0 Å². The Morgan fingerprint density at radius 2 is 1.77 bits per heavy atom. The van der Waals surface area contributed by atoms with Gasteiger partial charge in [-0.05, 0) is 43.5 Å². The molecule has 1 unspecified atom stereocenters. The second-order valence-corrected chi connectivity index (χ2v) is 5.61. The topological polar surface area (TPSA) is 38.3 Å². The van der Waals surface area contributed by atoms with E-state index in [1.807, 2.05) is 51.1 Å². The molecule has 2 aromatic carbocycles. The van der Waals surface area contributed by atoms with E-state index in [1.54, 1.807) is 12.1 Å². The van der Waals surface area contributed by atoms with Crippen molar-refractivity contribution in [1.82, 2.24) is 0 Å². The van der Waals surface area contributed by atoms with Crippen molar-refractivity contribution in [2.24, 2.45) is 0 Å². The van der Waals surface area contributed by atoms with Crippen molar-refractivity contribution in [3.8, 4) is 5.75 Å². The predicted molar refractivity (Wildman–Crippen MR) is 90.7 cm³/mol.